The van der Waals surface area contributed by atoms with Gasteiger partial charge in [-0.05, 0) is 26.7 Å². The topological polar surface area (TPSA) is 53.0 Å². The molecule has 2 aliphatic rings. The van der Waals surface area contributed by atoms with Crippen molar-refractivity contribution in [3.8, 4) is 0 Å². The molecule has 2 rings (SSSR count). The Morgan fingerprint density at radius 3 is 2.11 bits per heavy atom. The highest BCUT2D eigenvalue weighted by Gasteiger charge is 2.18. The van der Waals surface area contributed by atoms with Crippen LogP contribution in [0, 0.1) is 0 Å². The first-order valence-electron chi connectivity index (χ1n) is 6.82. The molecule has 2 aliphatic heterocycles. The van der Waals surface area contributed by atoms with E-state index in [0.717, 1.165) is 45.4 Å². The van der Waals surface area contributed by atoms with E-state index < -0.39 is 0 Å². The van der Waals surface area contributed by atoms with E-state index in [1.807, 2.05) is 0 Å². The van der Waals surface area contributed by atoms with Gasteiger partial charge in [-0.1, -0.05) is 0 Å². The van der Waals surface area contributed by atoms with Crippen LogP contribution >= 0.6 is 0 Å². The van der Waals surface area contributed by atoms with Crippen LogP contribution in [0.1, 0.15) is 26.7 Å². The number of carbonyl (C=O) groups excluding carboxylic acids is 1. The number of hydrogen-bond acceptors (Lipinski definition) is 4. The lowest BCUT2D eigenvalue weighted by molar-refractivity contribution is -0.121. The van der Waals surface area contributed by atoms with Gasteiger partial charge in [-0.25, -0.2) is 0 Å². The van der Waals surface area contributed by atoms with Crippen molar-refractivity contribution >= 4 is 6.41 Å². The number of hydrogen-bond donors (Lipinski definition) is 1. The predicted molar refractivity (Wildman–Crippen MR) is 70.4 cm³/mol. The van der Waals surface area contributed by atoms with Crippen LogP contribution in [0.25, 0.3) is 0 Å². The normalized spacial score (nSPS) is 22.6. The molecule has 1 N–H and O–H groups in total. The van der Waals surface area contributed by atoms with Crippen LogP contribution in [0.5, 0.6) is 0 Å². The van der Waals surface area contributed by atoms with E-state index in [1.165, 1.54) is 0 Å². The molecular weight excluding hydrogens is 232 g/mol. The molecule has 0 spiro atoms. The van der Waals surface area contributed by atoms with Crippen LogP contribution in [-0.4, -0.2) is 72.9 Å². The third-order valence-electron chi connectivity index (χ3n) is 3.42. The van der Waals surface area contributed by atoms with Crippen molar-refractivity contribution in [2.24, 2.45) is 0 Å². The fourth-order valence-corrected chi connectivity index (χ4v) is 2.09. The Kier molecular flexibility index (Phi) is 7.23. The molecule has 2 saturated heterocycles. The van der Waals surface area contributed by atoms with Crippen LogP contribution < -0.4 is 0 Å². The van der Waals surface area contributed by atoms with E-state index in [4.69, 9.17) is 4.74 Å². The molecule has 2 fully saturated rings. The average Bonchev–Trinajstić information content (AvgIpc) is 2.41. The summed E-state index contributed by atoms with van der Waals surface area (Å²) in [5.74, 6) is 0. The van der Waals surface area contributed by atoms with Gasteiger partial charge in [0.2, 0.25) is 6.41 Å². The van der Waals surface area contributed by atoms with Gasteiger partial charge in [0.05, 0.1) is 19.3 Å². The van der Waals surface area contributed by atoms with Crippen LogP contribution in [0.15, 0.2) is 0 Å². The molecule has 2 heterocycles. The molecule has 0 aromatic rings. The highest BCUT2D eigenvalue weighted by Crippen LogP contribution is 2.11. The number of rotatable bonds is 2. The second-order valence-electron chi connectivity index (χ2n) is 5.11. The van der Waals surface area contributed by atoms with E-state index in [-0.39, 0.29) is 6.10 Å². The van der Waals surface area contributed by atoms with Crippen LogP contribution in [0.3, 0.4) is 0 Å². The molecular formula is C13H26N2O3. The third-order valence-corrected chi connectivity index (χ3v) is 3.42. The summed E-state index contributed by atoms with van der Waals surface area (Å²) in [6.45, 7) is 9.44. The van der Waals surface area contributed by atoms with Gasteiger partial charge < -0.3 is 19.6 Å². The van der Waals surface area contributed by atoms with Crippen LogP contribution in [0.2, 0.25) is 0 Å². The Morgan fingerprint density at radius 1 is 1.17 bits per heavy atom. The molecule has 18 heavy (non-hydrogen) atoms. The van der Waals surface area contributed by atoms with Crippen molar-refractivity contribution in [1.82, 2.24) is 9.80 Å². The Bertz CT molecular complexity index is 222. The van der Waals surface area contributed by atoms with Gasteiger partial charge in [-0.2, -0.15) is 0 Å². The first kappa shape index (κ1) is 15.4. The minimum atomic E-state index is -0.0324. The first-order valence-corrected chi connectivity index (χ1v) is 6.82. The van der Waals surface area contributed by atoms with E-state index >= 15 is 0 Å². The monoisotopic (exact) mass is 258 g/mol. The smallest absolute Gasteiger partial charge is 0.209 e. The molecule has 5 nitrogen and oxygen atoms in total. The summed E-state index contributed by atoms with van der Waals surface area (Å²) >= 11 is 0. The van der Waals surface area contributed by atoms with Gasteiger partial charge in [0, 0.05) is 32.2 Å². The number of nitrogens with zero attached hydrogens (tertiary/aromatic N) is 2. The lowest BCUT2D eigenvalue weighted by atomic mass is 10.1. The first-order chi connectivity index (χ1) is 8.63. The van der Waals surface area contributed by atoms with E-state index in [9.17, 15) is 9.90 Å². The van der Waals surface area contributed by atoms with Gasteiger partial charge in [0.1, 0.15) is 0 Å². The van der Waals surface area contributed by atoms with Gasteiger partial charge in [0.15, 0.2) is 0 Å². The zero-order valence-corrected chi connectivity index (χ0v) is 11.5. The Labute approximate surface area is 110 Å². The summed E-state index contributed by atoms with van der Waals surface area (Å²) in [5, 5.41) is 9.18. The number of piperidine rings is 1. The second kappa shape index (κ2) is 8.45. The van der Waals surface area contributed by atoms with Gasteiger partial charge >= 0.3 is 0 Å². The number of likely N-dealkylation sites (tertiary alicyclic amines) is 1. The lowest BCUT2D eigenvalue weighted by Crippen LogP contribution is -2.39. The average molecular weight is 258 g/mol. The maximum absolute atomic E-state index is 10.0. The fraction of sp³-hybridized carbons (Fsp3) is 0.923. The number of ether oxygens (including phenoxy) is 1. The number of amides is 1. The van der Waals surface area contributed by atoms with Gasteiger partial charge in [-0.3, -0.25) is 4.79 Å². The summed E-state index contributed by atoms with van der Waals surface area (Å²) < 4.78 is 5.00. The Morgan fingerprint density at radius 2 is 1.72 bits per heavy atom. The highest BCUT2D eigenvalue weighted by molar-refractivity contribution is 5.46. The zero-order valence-electron chi connectivity index (χ0n) is 11.5. The molecule has 0 aromatic carbocycles. The number of aliphatic hydroxyl groups is 1. The van der Waals surface area contributed by atoms with Crippen molar-refractivity contribution in [3.63, 3.8) is 0 Å². The fourth-order valence-electron chi connectivity index (χ4n) is 2.09. The summed E-state index contributed by atoms with van der Waals surface area (Å²) in [7, 11) is 0. The molecule has 0 atom stereocenters. The maximum atomic E-state index is 10.0. The highest BCUT2D eigenvalue weighted by atomic mass is 16.5. The Balaban J connectivity index is 0.000000184. The van der Waals surface area contributed by atoms with E-state index in [2.05, 4.69) is 18.7 Å². The van der Waals surface area contributed by atoms with Crippen LogP contribution in [0.4, 0.5) is 0 Å². The van der Waals surface area contributed by atoms with Crippen molar-refractivity contribution in [2.45, 2.75) is 38.8 Å². The summed E-state index contributed by atoms with van der Waals surface area (Å²) in [6, 6.07) is 0.646. The second-order valence-corrected chi connectivity index (χ2v) is 5.11. The molecule has 0 unspecified atom stereocenters. The largest absolute Gasteiger partial charge is 0.393 e. The van der Waals surface area contributed by atoms with Crippen LogP contribution in [-0.2, 0) is 9.53 Å². The Hall–Kier alpha value is -0.650. The zero-order chi connectivity index (χ0) is 13.4. The number of morpholine rings is 1. The minimum Gasteiger partial charge on any atom is -0.393 e. The lowest BCUT2D eigenvalue weighted by Gasteiger charge is -2.32. The molecule has 1 amide bonds. The van der Waals surface area contributed by atoms with Gasteiger partial charge in [-0.15, -0.1) is 0 Å². The molecule has 0 saturated carbocycles. The molecule has 5 heteroatoms. The molecule has 0 radical (unpaired) electrons. The van der Waals surface area contributed by atoms with Crippen molar-refractivity contribution in [3.05, 3.63) is 0 Å². The SMILES string of the molecule is CC(C)N1CCC(O)CC1.O=CN1CCOCC1. The maximum Gasteiger partial charge on any atom is 0.209 e. The minimum absolute atomic E-state index is 0.0324. The number of aliphatic hydroxyl groups excluding tert-OH is 1. The molecule has 0 aliphatic carbocycles. The molecule has 106 valence electrons. The number of carbonyl (C=O) groups is 1. The van der Waals surface area contributed by atoms with Crippen molar-refractivity contribution < 1.29 is 14.6 Å². The van der Waals surface area contributed by atoms with Gasteiger partial charge in [0.25, 0.3) is 0 Å². The third kappa shape index (κ3) is 5.80. The quantitative estimate of drug-likeness (QED) is 0.725. The van der Waals surface area contributed by atoms with Crippen molar-refractivity contribution in [1.29, 1.82) is 0 Å². The van der Waals surface area contributed by atoms with E-state index in [0.29, 0.717) is 19.3 Å². The predicted octanol–water partition coefficient (Wildman–Crippen LogP) is 0.327. The van der Waals surface area contributed by atoms with Crippen molar-refractivity contribution in [2.75, 3.05) is 39.4 Å². The van der Waals surface area contributed by atoms with E-state index in [1.54, 1.807) is 4.90 Å². The molecule has 0 aromatic heterocycles. The summed E-state index contributed by atoms with van der Waals surface area (Å²) in [5.41, 5.74) is 0. The summed E-state index contributed by atoms with van der Waals surface area (Å²) in [6.07, 6.45) is 2.74. The summed E-state index contributed by atoms with van der Waals surface area (Å²) in [4.78, 5) is 14.2. The standard InChI is InChI=1S/C8H17NO.C5H9NO2/c1-7(2)9-5-3-8(10)4-6-9;7-5-6-1-3-8-4-2-6/h7-8,10H,3-6H2,1-2H3;5H,1-4H2. The molecule has 0 bridgehead atoms.